The van der Waals surface area contributed by atoms with E-state index in [0.29, 0.717) is 13.1 Å². The molecule has 0 N–H and O–H groups in total. The zero-order valence-electron chi connectivity index (χ0n) is 10.0. The highest BCUT2D eigenvalue weighted by atomic mass is 16.6. The predicted molar refractivity (Wildman–Crippen MR) is 66.8 cm³/mol. The van der Waals surface area contributed by atoms with Gasteiger partial charge in [-0.3, -0.25) is 14.9 Å². The molecule has 5 heteroatoms. The molecule has 2 rings (SSSR count). The summed E-state index contributed by atoms with van der Waals surface area (Å²) in [4.78, 5) is 23.2. The average molecular weight is 245 g/mol. The molecule has 0 atom stereocenters. The van der Waals surface area contributed by atoms with Gasteiger partial charge >= 0.3 is 0 Å². The standard InChI is InChI=1S/C13H13N2O3/c1-10(16)14-7-5-11(6-8-14)12-3-2-4-13(9-12)15(17)18/h2-3,5,9H,6-8H2,1H3. The van der Waals surface area contributed by atoms with E-state index in [9.17, 15) is 14.9 Å². The molecule has 1 aromatic rings. The Morgan fingerprint density at radius 1 is 1.56 bits per heavy atom. The van der Waals surface area contributed by atoms with E-state index in [1.54, 1.807) is 17.9 Å². The first kappa shape index (κ1) is 12.3. The Labute approximate surface area is 105 Å². The minimum absolute atomic E-state index is 0.0256. The van der Waals surface area contributed by atoms with Crippen molar-refractivity contribution in [2.24, 2.45) is 0 Å². The minimum atomic E-state index is -0.450. The smallest absolute Gasteiger partial charge is 0.278 e. The Morgan fingerprint density at radius 3 is 2.89 bits per heavy atom. The van der Waals surface area contributed by atoms with E-state index in [-0.39, 0.29) is 11.6 Å². The number of rotatable bonds is 2. The Bertz CT molecular complexity index is 523. The first-order valence-electron chi connectivity index (χ1n) is 5.69. The Kier molecular flexibility index (Phi) is 3.41. The quantitative estimate of drug-likeness (QED) is 0.591. The van der Waals surface area contributed by atoms with E-state index in [1.165, 1.54) is 6.07 Å². The topological polar surface area (TPSA) is 63.5 Å². The van der Waals surface area contributed by atoms with E-state index in [1.807, 2.05) is 12.1 Å². The zero-order chi connectivity index (χ0) is 13.1. The molecular weight excluding hydrogens is 232 g/mol. The molecule has 0 spiro atoms. The monoisotopic (exact) mass is 245 g/mol. The SMILES string of the molecule is CC(=O)N1CC=C(c2cc[c]c([N+](=O)[O-])c2)CC1. The van der Waals surface area contributed by atoms with Gasteiger partial charge in [-0.25, -0.2) is 0 Å². The summed E-state index contributed by atoms with van der Waals surface area (Å²) in [6, 6.07) is 7.48. The average Bonchev–Trinajstić information content (AvgIpc) is 2.39. The van der Waals surface area contributed by atoms with Gasteiger partial charge in [-0.1, -0.05) is 12.1 Å². The molecule has 93 valence electrons. The molecule has 1 aliphatic heterocycles. The lowest BCUT2D eigenvalue weighted by atomic mass is 9.99. The summed E-state index contributed by atoms with van der Waals surface area (Å²) in [5.41, 5.74) is 1.86. The van der Waals surface area contributed by atoms with Crippen LogP contribution in [0.5, 0.6) is 0 Å². The van der Waals surface area contributed by atoms with Crippen molar-refractivity contribution in [2.45, 2.75) is 13.3 Å². The summed E-state index contributed by atoms with van der Waals surface area (Å²) < 4.78 is 0. The maximum atomic E-state index is 11.2. The molecule has 1 aliphatic rings. The summed E-state index contributed by atoms with van der Waals surface area (Å²) in [7, 11) is 0. The fourth-order valence-electron chi connectivity index (χ4n) is 1.98. The molecule has 0 saturated carbocycles. The highest BCUT2D eigenvalue weighted by Crippen LogP contribution is 2.25. The summed E-state index contributed by atoms with van der Waals surface area (Å²) in [5.74, 6) is 0.0534. The van der Waals surface area contributed by atoms with Crippen molar-refractivity contribution in [2.75, 3.05) is 13.1 Å². The molecule has 0 bridgehead atoms. The van der Waals surface area contributed by atoms with Crippen molar-refractivity contribution in [1.82, 2.24) is 4.90 Å². The Hall–Kier alpha value is -2.17. The second-order valence-corrected chi connectivity index (χ2v) is 4.16. The summed E-state index contributed by atoms with van der Waals surface area (Å²) in [5, 5.41) is 10.7. The maximum absolute atomic E-state index is 11.2. The van der Waals surface area contributed by atoms with Crippen LogP contribution < -0.4 is 0 Å². The molecule has 1 aromatic carbocycles. The summed E-state index contributed by atoms with van der Waals surface area (Å²) >= 11 is 0. The van der Waals surface area contributed by atoms with Crippen LogP contribution in [-0.4, -0.2) is 28.8 Å². The first-order chi connectivity index (χ1) is 8.58. The highest BCUT2D eigenvalue weighted by molar-refractivity contribution is 5.76. The van der Waals surface area contributed by atoms with Crippen LogP contribution in [0.3, 0.4) is 0 Å². The van der Waals surface area contributed by atoms with Gasteiger partial charge in [0.15, 0.2) is 0 Å². The van der Waals surface area contributed by atoms with E-state index in [4.69, 9.17) is 0 Å². The maximum Gasteiger partial charge on any atom is 0.278 e. The fourth-order valence-corrected chi connectivity index (χ4v) is 1.98. The number of nitro groups is 1. The molecule has 0 aliphatic carbocycles. The van der Waals surface area contributed by atoms with Gasteiger partial charge in [0, 0.05) is 26.1 Å². The molecule has 0 aromatic heterocycles. The van der Waals surface area contributed by atoms with Crippen molar-refractivity contribution in [3.63, 3.8) is 0 Å². The van der Waals surface area contributed by atoms with Gasteiger partial charge in [-0.05, 0) is 23.6 Å². The number of hydrogen-bond acceptors (Lipinski definition) is 3. The van der Waals surface area contributed by atoms with Crippen molar-refractivity contribution >= 4 is 17.2 Å². The van der Waals surface area contributed by atoms with Gasteiger partial charge in [0.1, 0.15) is 0 Å². The molecule has 1 amide bonds. The van der Waals surface area contributed by atoms with Crippen molar-refractivity contribution in [3.05, 3.63) is 46.0 Å². The largest absolute Gasteiger partial charge is 0.339 e. The lowest BCUT2D eigenvalue weighted by Crippen LogP contribution is -2.32. The second-order valence-electron chi connectivity index (χ2n) is 4.16. The third-order valence-corrected chi connectivity index (χ3v) is 3.01. The number of carbonyl (C=O) groups excluding carboxylic acids is 1. The number of hydrogen-bond donors (Lipinski definition) is 0. The molecule has 18 heavy (non-hydrogen) atoms. The van der Waals surface area contributed by atoms with Crippen LogP contribution in [0.25, 0.3) is 5.57 Å². The van der Waals surface area contributed by atoms with Gasteiger partial charge in [-0.2, -0.15) is 0 Å². The number of amides is 1. The van der Waals surface area contributed by atoms with Crippen LogP contribution in [0.15, 0.2) is 24.3 Å². The van der Waals surface area contributed by atoms with E-state index in [0.717, 1.165) is 17.6 Å². The fraction of sp³-hybridized carbons (Fsp3) is 0.308. The molecule has 1 radical (unpaired) electrons. The zero-order valence-corrected chi connectivity index (χ0v) is 10.0. The van der Waals surface area contributed by atoms with Gasteiger partial charge in [0.25, 0.3) is 5.69 Å². The van der Waals surface area contributed by atoms with Crippen LogP contribution in [0.1, 0.15) is 18.9 Å². The van der Waals surface area contributed by atoms with Crippen molar-refractivity contribution < 1.29 is 9.72 Å². The lowest BCUT2D eigenvalue weighted by molar-refractivity contribution is -0.385. The number of nitro benzene ring substituents is 1. The van der Waals surface area contributed by atoms with E-state index in [2.05, 4.69) is 6.07 Å². The van der Waals surface area contributed by atoms with Gasteiger partial charge in [-0.15, -0.1) is 0 Å². The molecule has 0 fully saturated rings. The Balaban J connectivity index is 2.20. The summed E-state index contributed by atoms with van der Waals surface area (Å²) in [6.07, 6.45) is 2.67. The molecule has 5 nitrogen and oxygen atoms in total. The van der Waals surface area contributed by atoms with Gasteiger partial charge < -0.3 is 4.90 Å². The van der Waals surface area contributed by atoms with Crippen LogP contribution in [-0.2, 0) is 4.79 Å². The minimum Gasteiger partial charge on any atom is -0.339 e. The van der Waals surface area contributed by atoms with Gasteiger partial charge in [0.05, 0.1) is 11.0 Å². The third-order valence-electron chi connectivity index (χ3n) is 3.01. The highest BCUT2D eigenvalue weighted by Gasteiger charge is 2.16. The Morgan fingerprint density at radius 2 is 2.33 bits per heavy atom. The number of carbonyl (C=O) groups is 1. The molecule has 0 saturated heterocycles. The third kappa shape index (κ3) is 2.56. The lowest BCUT2D eigenvalue weighted by Gasteiger charge is -2.25. The number of benzene rings is 1. The summed E-state index contributed by atoms with van der Waals surface area (Å²) in [6.45, 7) is 2.77. The second kappa shape index (κ2) is 5.00. The van der Waals surface area contributed by atoms with Crippen LogP contribution in [0, 0.1) is 16.2 Å². The normalized spacial score (nSPS) is 15.2. The number of nitrogens with zero attached hydrogens (tertiary/aromatic N) is 2. The molecular formula is C13H13N2O3. The van der Waals surface area contributed by atoms with Crippen LogP contribution in [0.4, 0.5) is 5.69 Å². The van der Waals surface area contributed by atoms with E-state index >= 15 is 0 Å². The predicted octanol–water partition coefficient (Wildman–Crippen LogP) is 2.03. The van der Waals surface area contributed by atoms with Crippen molar-refractivity contribution in [3.8, 4) is 0 Å². The first-order valence-corrected chi connectivity index (χ1v) is 5.69. The van der Waals surface area contributed by atoms with Crippen molar-refractivity contribution in [1.29, 1.82) is 0 Å². The number of non-ortho nitro benzene ring substituents is 1. The van der Waals surface area contributed by atoms with E-state index < -0.39 is 4.92 Å². The molecule has 1 heterocycles. The van der Waals surface area contributed by atoms with Gasteiger partial charge in [0.2, 0.25) is 5.91 Å². The molecule has 0 unspecified atom stereocenters. The van der Waals surface area contributed by atoms with Crippen LogP contribution in [0.2, 0.25) is 0 Å². The van der Waals surface area contributed by atoms with Crippen LogP contribution >= 0.6 is 0 Å².